The van der Waals surface area contributed by atoms with Crippen LogP contribution >= 0.6 is 0 Å². The molecule has 2 aromatic rings. The van der Waals surface area contributed by atoms with Gasteiger partial charge in [0.2, 0.25) is 0 Å². The number of Topliss-reactive ketones (excluding diaryl/α,β-unsaturated/α-hetero) is 2. The third-order valence-electron chi connectivity index (χ3n) is 6.67. The summed E-state index contributed by atoms with van der Waals surface area (Å²) in [6.07, 6.45) is 2.97. The van der Waals surface area contributed by atoms with E-state index in [1.165, 1.54) is 0 Å². The molecule has 1 fully saturated rings. The van der Waals surface area contributed by atoms with Gasteiger partial charge in [-0.1, -0.05) is 66.2 Å². The van der Waals surface area contributed by atoms with Crippen molar-refractivity contribution in [3.05, 3.63) is 82.9 Å². The molecule has 0 N–H and O–H groups in total. The number of ketones is 2. The topological polar surface area (TPSA) is 57.9 Å². The van der Waals surface area contributed by atoms with Gasteiger partial charge in [-0.15, -0.1) is 0 Å². The summed E-state index contributed by atoms with van der Waals surface area (Å²) < 4.78 is 0. The Morgan fingerprint density at radius 3 is 2.21 bits per heavy atom. The standard InChI is InChI=1S/C26H25NO2/c1-17-20-12-13-21(14-20)26(29)25(17)24(28)15-22(18-8-4-2-5-9-18)23(16-27)19-10-6-3-7-11-19/h2-11,20-23H,12-15H2,1H3/t20?,21?,22-,23-/m1/s1. The zero-order valence-electron chi connectivity index (χ0n) is 16.7. The van der Waals surface area contributed by atoms with E-state index >= 15 is 0 Å². The van der Waals surface area contributed by atoms with Crippen molar-refractivity contribution in [2.75, 3.05) is 0 Å². The van der Waals surface area contributed by atoms with E-state index in [2.05, 4.69) is 6.07 Å². The highest BCUT2D eigenvalue weighted by Gasteiger charge is 2.41. The first-order valence-electron chi connectivity index (χ1n) is 10.4. The first-order valence-corrected chi connectivity index (χ1v) is 10.4. The normalized spacial score (nSPS) is 22.8. The molecule has 2 aliphatic carbocycles. The van der Waals surface area contributed by atoms with E-state index in [1.54, 1.807) is 0 Å². The smallest absolute Gasteiger partial charge is 0.169 e. The Morgan fingerprint density at radius 2 is 1.59 bits per heavy atom. The Balaban J connectivity index is 1.69. The molecule has 0 heterocycles. The van der Waals surface area contributed by atoms with Gasteiger partial charge < -0.3 is 0 Å². The molecule has 3 heteroatoms. The maximum atomic E-state index is 13.4. The number of carbonyl (C=O) groups is 2. The predicted molar refractivity (Wildman–Crippen MR) is 112 cm³/mol. The number of hydrogen-bond donors (Lipinski definition) is 0. The summed E-state index contributed by atoms with van der Waals surface area (Å²) in [4.78, 5) is 26.3. The van der Waals surface area contributed by atoms with Crippen LogP contribution in [0.5, 0.6) is 0 Å². The number of rotatable bonds is 6. The maximum absolute atomic E-state index is 13.4. The molecule has 0 saturated heterocycles. The molecule has 0 spiro atoms. The minimum atomic E-state index is -0.445. The maximum Gasteiger partial charge on any atom is 0.169 e. The second-order valence-corrected chi connectivity index (χ2v) is 8.29. The summed E-state index contributed by atoms with van der Waals surface area (Å²) >= 11 is 0. The molecule has 0 radical (unpaired) electrons. The zero-order chi connectivity index (χ0) is 20.4. The van der Waals surface area contributed by atoms with Crippen LogP contribution in [0.25, 0.3) is 0 Å². The zero-order valence-corrected chi connectivity index (χ0v) is 16.7. The van der Waals surface area contributed by atoms with E-state index in [4.69, 9.17) is 0 Å². The van der Waals surface area contributed by atoms with Crippen LogP contribution in [0, 0.1) is 23.2 Å². The van der Waals surface area contributed by atoms with Crippen LogP contribution in [0.15, 0.2) is 71.8 Å². The second kappa shape index (κ2) is 8.17. The number of allylic oxidation sites excluding steroid dienone is 2. The molecule has 29 heavy (non-hydrogen) atoms. The molecule has 2 aromatic carbocycles. The van der Waals surface area contributed by atoms with Gasteiger partial charge in [0.15, 0.2) is 11.6 Å². The number of carbonyl (C=O) groups excluding carboxylic acids is 2. The van der Waals surface area contributed by atoms with E-state index in [0.717, 1.165) is 36.0 Å². The van der Waals surface area contributed by atoms with Crippen LogP contribution in [-0.2, 0) is 9.59 Å². The number of hydrogen-bond acceptors (Lipinski definition) is 3. The minimum Gasteiger partial charge on any atom is -0.294 e. The monoisotopic (exact) mass is 383 g/mol. The van der Waals surface area contributed by atoms with E-state index in [9.17, 15) is 14.9 Å². The third-order valence-corrected chi connectivity index (χ3v) is 6.67. The van der Waals surface area contributed by atoms with E-state index in [-0.39, 0.29) is 29.8 Å². The van der Waals surface area contributed by atoms with Crippen molar-refractivity contribution in [1.29, 1.82) is 5.26 Å². The Bertz CT molecular complexity index is 984. The largest absolute Gasteiger partial charge is 0.294 e. The fourth-order valence-corrected chi connectivity index (χ4v) is 5.06. The SMILES string of the molecule is CC1=C(C(=O)C[C@H](c2ccccc2)[C@H](C#N)c2ccccc2)C(=O)C2CCC1C2. The first-order chi connectivity index (χ1) is 14.1. The lowest BCUT2D eigenvalue weighted by Crippen LogP contribution is -2.27. The van der Waals surface area contributed by atoms with Gasteiger partial charge in [-0.25, -0.2) is 0 Å². The molecule has 0 aromatic heterocycles. The Morgan fingerprint density at radius 1 is 1.00 bits per heavy atom. The summed E-state index contributed by atoms with van der Waals surface area (Å²) in [5, 5.41) is 9.99. The van der Waals surface area contributed by atoms with Crippen LogP contribution in [0.3, 0.4) is 0 Å². The van der Waals surface area contributed by atoms with Gasteiger partial charge in [-0.2, -0.15) is 5.26 Å². The Kier molecular flexibility index (Phi) is 5.45. The second-order valence-electron chi connectivity index (χ2n) is 8.29. The molecule has 4 rings (SSSR count). The summed E-state index contributed by atoms with van der Waals surface area (Å²) in [6.45, 7) is 1.95. The lowest BCUT2D eigenvalue weighted by molar-refractivity contribution is -0.124. The average molecular weight is 383 g/mol. The van der Waals surface area contributed by atoms with Gasteiger partial charge in [0.25, 0.3) is 0 Å². The molecule has 2 bridgehead atoms. The molecule has 2 aliphatic rings. The molecule has 3 nitrogen and oxygen atoms in total. The minimum absolute atomic E-state index is 0.0127. The summed E-state index contributed by atoms with van der Waals surface area (Å²) in [6, 6.07) is 21.8. The van der Waals surface area contributed by atoms with E-state index < -0.39 is 5.92 Å². The van der Waals surface area contributed by atoms with Gasteiger partial charge in [-0.3, -0.25) is 9.59 Å². The van der Waals surface area contributed by atoms with E-state index in [1.807, 2.05) is 67.6 Å². The molecular formula is C26H25NO2. The number of fused-ring (bicyclic) bond motifs is 2. The molecular weight excluding hydrogens is 358 g/mol. The summed E-state index contributed by atoms with van der Waals surface area (Å²) in [5.74, 6) is -0.426. The van der Waals surface area contributed by atoms with Gasteiger partial charge >= 0.3 is 0 Å². The van der Waals surface area contributed by atoms with Crippen molar-refractivity contribution in [3.8, 4) is 6.07 Å². The number of nitriles is 1. The number of benzene rings is 2. The highest BCUT2D eigenvalue weighted by atomic mass is 16.1. The highest BCUT2D eigenvalue weighted by molar-refractivity contribution is 6.22. The Hall–Kier alpha value is -2.99. The summed E-state index contributed by atoms with van der Waals surface area (Å²) in [7, 11) is 0. The van der Waals surface area contributed by atoms with Crippen molar-refractivity contribution in [3.63, 3.8) is 0 Å². The third kappa shape index (κ3) is 3.68. The van der Waals surface area contributed by atoms with Gasteiger partial charge in [-0.05, 0) is 43.2 Å². The van der Waals surface area contributed by atoms with Gasteiger partial charge in [0.1, 0.15) is 0 Å². The number of nitrogens with zero attached hydrogens (tertiary/aromatic N) is 1. The molecule has 0 aliphatic heterocycles. The lowest BCUT2D eigenvalue weighted by atomic mass is 9.75. The van der Waals surface area contributed by atoms with Crippen molar-refractivity contribution in [1.82, 2.24) is 0 Å². The fourth-order valence-electron chi connectivity index (χ4n) is 5.06. The molecule has 4 atom stereocenters. The van der Waals surface area contributed by atoms with Crippen molar-refractivity contribution in [2.45, 2.75) is 44.4 Å². The average Bonchev–Trinajstić information content (AvgIpc) is 3.21. The quantitative estimate of drug-likeness (QED) is 0.632. The predicted octanol–water partition coefficient (Wildman–Crippen LogP) is 5.35. The highest BCUT2D eigenvalue weighted by Crippen LogP contribution is 2.44. The summed E-state index contributed by atoms with van der Waals surface area (Å²) in [5.41, 5.74) is 3.25. The van der Waals surface area contributed by atoms with Crippen LogP contribution in [-0.4, -0.2) is 11.6 Å². The van der Waals surface area contributed by atoms with E-state index in [0.29, 0.717) is 11.5 Å². The first kappa shape index (κ1) is 19.3. The van der Waals surface area contributed by atoms with Crippen LogP contribution < -0.4 is 0 Å². The van der Waals surface area contributed by atoms with Crippen LogP contribution in [0.1, 0.15) is 55.6 Å². The van der Waals surface area contributed by atoms with Gasteiger partial charge in [0, 0.05) is 18.3 Å². The Labute approximate surface area is 172 Å². The van der Waals surface area contributed by atoms with Crippen molar-refractivity contribution >= 4 is 11.6 Å². The fraction of sp³-hybridized carbons (Fsp3) is 0.346. The molecule has 2 unspecified atom stereocenters. The van der Waals surface area contributed by atoms with Crippen molar-refractivity contribution < 1.29 is 9.59 Å². The van der Waals surface area contributed by atoms with Crippen molar-refractivity contribution in [2.24, 2.45) is 11.8 Å². The lowest BCUT2D eigenvalue weighted by Gasteiger charge is -2.26. The van der Waals surface area contributed by atoms with Crippen LogP contribution in [0.4, 0.5) is 0 Å². The van der Waals surface area contributed by atoms with Crippen LogP contribution in [0.2, 0.25) is 0 Å². The molecule has 146 valence electrons. The van der Waals surface area contributed by atoms with Gasteiger partial charge in [0.05, 0.1) is 17.6 Å². The molecule has 0 amide bonds. The molecule has 1 saturated carbocycles.